The van der Waals surface area contributed by atoms with Gasteiger partial charge < -0.3 is 9.80 Å². The van der Waals surface area contributed by atoms with Crippen molar-refractivity contribution in [2.45, 2.75) is 13.8 Å². The fourth-order valence-corrected chi connectivity index (χ4v) is 3.56. The van der Waals surface area contributed by atoms with Crippen LogP contribution in [-0.2, 0) is 0 Å². The van der Waals surface area contributed by atoms with Crippen molar-refractivity contribution < 1.29 is 0 Å². The van der Waals surface area contributed by atoms with Crippen molar-refractivity contribution in [2.24, 2.45) is 0 Å². The second kappa shape index (κ2) is 8.77. The third-order valence-corrected chi connectivity index (χ3v) is 5.33. The lowest BCUT2D eigenvalue weighted by Crippen LogP contribution is -2.22. The van der Waals surface area contributed by atoms with Gasteiger partial charge in [-0.05, 0) is 50.2 Å². The summed E-state index contributed by atoms with van der Waals surface area (Å²) in [5, 5.41) is 19.1. The molecule has 26 heavy (non-hydrogen) atoms. The van der Waals surface area contributed by atoms with E-state index in [0.717, 1.165) is 35.8 Å². The summed E-state index contributed by atoms with van der Waals surface area (Å²) in [4.78, 5) is 4.13. The Labute approximate surface area is 169 Å². The van der Waals surface area contributed by atoms with Gasteiger partial charge in [-0.3, -0.25) is 3.11 Å². The van der Waals surface area contributed by atoms with Crippen molar-refractivity contribution in [2.75, 3.05) is 40.1 Å². The summed E-state index contributed by atoms with van der Waals surface area (Å²) in [6.45, 7) is 5.99. The largest absolute Gasteiger partial charge is 0.377 e. The van der Waals surface area contributed by atoms with Gasteiger partial charge in [0.1, 0.15) is 12.1 Å². The molecule has 5 nitrogen and oxygen atoms in total. The van der Waals surface area contributed by atoms with Crippen LogP contribution in [0.2, 0.25) is 0 Å². The van der Waals surface area contributed by atoms with Crippen LogP contribution in [0.25, 0.3) is 0 Å². The minimum Gasteiger partial charge on any atom is -0.377 e. The molecule has 0 heterocycles. The molecule has 0 bridgehead atoms. The lowest BCUT2D eigenvalue weighted by molar-refractivity contribution is 0.866. The molecule has 0 atom stereocenters. The Balaban J connectivity index is 2.45. The highest BCUT2D eigenvalue weighted by Gasteiger charge is 2.15. The maximum Gasteiger partial charge on any atom is 0.101 e. The molecular weight excluding hydrogens is 437 g/mol. The van der Waals surface area contributed by atoms with E-state index in [1.807, 2.05) is 58.5 Å². The van der Waals surface area contributed by atoms with Crippen molar-refractivity contribution in [3.63, 3.8) is 0 Å². The van der Waals surface area contributed by atoms with E-state index in [4.69, 9.17) is 0 Å². The van der Waals surface area contributed by atoms with Gasteiger partial charge in [0.15, 0.2) is 0 Å². The monoisotopic (exact) mass is 459 g/mol. The maximum atomic E-state index is 9.63. The second-order valence-electron chi connectivity index (χ2n) is 5.97. The van der Waals surface area contributed by atoms with Crippen LogP contribution >= 0.6 is 22.9 Å². The number of rotatable bonds is 6. The van der Waals surface area contributed by atoms with Crippen LogP contribution in [0.15, 0.2) is 36.4 Å². The molecule has 0 saturated carbocycles. The average Bonchev–Trinajstić information content (AvgIpc) is 2.67. The Morgan fingerprint density at radius 3 is 1.88 bits per heavy atom. The molecule has 0 radical (unpaired) electrons. The topological polar surface area (TPSA) is 57.3 Å². The van der Waals surface area contributed by atoms with Gasteiger partial charge in [-0.2, -0.15) is 10.5 Å². The third kappa shape index (κ3) is 4.03. The molecule has 0 aliphatic heterocycles. The average molecular weight is 459 g/mol. The minimum absolute atomic E-state index is 0.604. The summed E-state index contributed by atoms with van der Waals surface area (Å²) < 4.78 is 1.92. The summed E-state index contributed by atoms with van der Waals surface area (Å²) >= 11 is 2.18. The van der Waals surface area contributed by atoms with Gasteiger partial charge in [-0.1, -0.05) is 0 Å². The van der Waals surface area contributed by atoms with Crippen LogP contribution in [0, 0.1) is 22.7 Å². The molecule has 2 aromatic rings. The predicted molar refractivity (Wildman–Crippen MR) is 116 cm³/mol. The van der Waals surface area contributed by atoms with Crippen LogP contribution in [-0.4, -0.2) is 27.2 Å². The number of halogens is 1. The molecule has 0 fully saturated rings. The molecular formula is C20H22IN5. The predicted octanol–water partition coefficient (Wildman–Crippen LogP) is 4.83. The SMILES string of the molecule is CCN(CC)c1ccc(N(I)c2ccc(N(C)C)c(C#N)c2)c(C#N)c1. The number of nitriles is 2. The van der Waals surface area contributed by atoms with Crippen molar-refractivity contribution in [3.8, 4) is 12.1 Å². The van der Waals surface area contributed by atoms with Gasteiger partial charge in [-0.25, -0.2) is 0 Å². The van der Waals surface area contributed by atoms with E-state index in [2.05, 4.69) is 53.8 Å². The first-order chi connectivity index (χ1) is 12.5. The molecule has 0 aromatic heterocycles. The second-order valence-corrected chi connectivity index (χ2v) is 6.94. The number of benzene rings is 2. The summed E-state index contributed by atoms with van der Waals surface area (Å²) in [7, 11) is 3.83. The molecule has 6 heteroatoms. The highest BCUT2D eigenvalue weighted by Crippen LogP contribution is 2.36. The van der Waals surface area contributed by atoms with E-state index >= 15 is 0 Å². The van der Waals surface area contributed by atoms with Gasteiger partial charge in [0, 0.05) is 32.9 Å². The van der Waals surface area contributed by atoms with Gasteiger partial charge in [0.05, 0.1) is 51.1 Å². The van der Waals surface area contributed by atoms with Gasteiger partial charge >= 0.3 is 0 Å². The summed E-state index contributed by atoms with van der Waals surface area (Å²) in [5.74, 6) is 0. The lowest BCUT2D eigenvalue weighted by Gasteiger charge is -2.24. The van der Waals surface area contributed by atoms with Crippen LogP contribution in [0.1, 0.15) is 25.0 Å². The van der Waals surface area contributed by atoms with E-state index in [9.17, 15) is 10.5 Å². The van der Waals surface area contributed by atoms with Gasteiger partial charge in [0.2, 0.25) is 0 Å². The number of hydrogen-bond acceptors (Lipinski definition) is 5. The normalized spacial score (nSPS) is 9.96. The van der Waals surface area contributed by atoms with E-state index in [1.54, 1.807) is 0 Å². The Kier molecular flexibility index (Phi) is 6.70. The Morgan fingerprint density at radius 1 is 0.846 bits per heavy atom. The third-order valence-electron chi connectivity index (χ3n) is 4.25. The summed E-state index contributed by atoms with van der Waals surface area (Å²) in [5.41, 5.74) is 4.80. The number of nitrogens with zero attached hydrogens (tertiary/aromatic N) is 5. The van der Waals surface area contributed by atoms with Crippen molar-refractivity contribution in [1.82, 2.24) is 0 Å². The quantitative estimate of drug-likeness (QED) is 0.458. The zero-order valence-electron chi connectivity index (χ0n) is 15.5. The molecule has 0 amide bonds. The molecule has 2 aromatic carbocycles. The fourth-order valence-electron chi connectivity index (χ4n) is 2.83. The highest BCUT2D eigenvalue weighted by molar-refractivity contribution is 14.1. The van der Waals surface area contributed by atoms with Gasteiger partial charge in [-0.15, -0.1) is 0 Å². The molecule has 0 N–H and O–H groups in total. The Bertz CT molecular complexity index is 859. The van der Waals surface area contributed by atoms with Crippen molar-refractivity contribution in [1.29, 1.82) is 10.5 Å². The van der Waals surface area contributed by atoms with Crippen LogP contribution in [0.4, 0.5) is 22.7 Å². The van der Waals surface area contributed by atoms with Crippen molar-refractivity contribution >= 4 is 45.6 Å². The van der Waals surface area contributed by atoms with E-state index in [0.29, 0.717) is 11.1 Å². The zero-order valence-corrected chi connectivity index (χ0v) is 17.6. The first kappa shape index (κ1) is 19.9. The minimum atomic E-state index is 0.604. The first-order valence-electron chi connectivity index (χ1n) is 8.43. The Morgan fingerprint density at radius 2 is 1.35 bits per heavy atom. The van der Waals surface area contributed by atoms with Crippen molar-refractivity contribution in [3.05, 3.63) is 47.5 Å². The van der Waals surface area contributed by atoms with E-state index in [1.165, 1.54) is 0 Å². The molecule has 0 unspecified atom stereocenters. The Hall–Kier alpha value is -2.45. The summed E-state index contributed by atoms with van der Waals surface area (Å²) in [6, 6.07) is 16.2. The van der Waals surface area contributed by atoms with Crippen LogP contribution < -0.4 is 12.9 Å². The molecule has 0 saturated heterocycles. The number of hydrogen-bond donors (Lipinski definition) is 0. The van der Waals surface area contributed by atoms with E-state index in [-0.39, 0.29) is 0 Å². The molecule has 134 valence electrons. The molecule has 0 aliphatic rings. The smallest absolute Gasteiger partial charge is 0.101 e. The maximum absolute atomic E-state index is 9.63. The summed E-state index contributed by atoms with van der Waals surface area (Å²) in [6.07, 6.45) is 0. The molecule has 0 aliphatic carbocycles. The fraction of sp³-hybridized carbons (Fsp3) is 0.300. The number of anilines is 4. The molecule has 2 rings (SSSR count). The lowest BCUT2D eigenvalue weighted by atomic mass is 10.1. The highest BCUT2D eigenvalue weighted by atomic mass is 127. The van der Waals surface area contributed by atoms with Crippen LogP contribution in [0.3, 0.4) is 0 Å². The molecule has 0 spiro atoms. The van der Waals surface area contributed by atoms with Gasteiger partial charge in [0.25, 0.3) is 0 Å². The first-order valence-corrected chi connectivity index (χ1v) is 9.39. The zero-order chi connectivity index (χ0) is 19.3. The van der Waals surface area contributed by atoms with Crippen LogP contribution in [0.5, 0.6) is 0 Å². The van der Waals surface area contributed by atoms with E-state index < -0.39 is 0 Å². The standard InChI is InChI=1S/C20H22IN5/c1-5-25(6-2)17-7-10-20(16(11-17)14-23)26(21)18-8-9-19(24(3)4)15(12-18)13-22/h7-12H,5-6H2,1-4H3.